The summed E-state index contributed by atoms with van der Waals surface area (Å²) in [7, 11) is 0. The van der Waals surface area contributed by atoms with Gasteiger partial charge in [-0.15, -0.1) is 0 Å². The molecule has 1 aromatic heterocycles. The average molecular weight is 693 g/mol. The van der Waals surface area contributed by atoms with E-state index in [4.69, 9.17) is 31.1 Å². The Morgan fingerprint density at radius 2 is 1.89 bits per heavy atom. The van der Waals surface area contributed by atoms with E-state index >= 15 is 0 Å². The van der Waals surface area contributed by atoms with Crippen LogP contribution in [0.2, 0.25) is 5.02 Å². The van der Waals surface area contributed by atoms with Gasteiger partial charge in [-0.25, -0.2) is 9.79 Å². The van der Waals surface area contributed by atoms with Crippen LogP contribution in [0.25, 0.3) is 6.08 Å². The number of benzene rings is 3. The minimum Gasteiger partial charge on any atom is -0.490 e. The van der Waals surface area contributed by atoms with Crippen LogP contribution in [-0.4, -0.2) is 23.8 Å². The Morgan fingerprint density at radius 1 is 1.14 bits per heavy atom. The molecule has 2 heterocycles. The highest BCUT2D eigenvalue weighted by Gasteiger charge is 2.34. The van der Waals surface area contributed by atoms with Crippen molar-refractivity contribution in [1.82, 2.24) is 4.57 Å². The molecule has 11 heteroatoms. The molecule has 8 nitrogen and oxygen atoms in total. The molecule has 44 heavy (non-hydrogen) atoms. The standard InChI is InChI=1S/C33H27BrClN3O5S/c1-4-41-26-15-22(14-24(34)30(26)43-18-21-12-10-20(17-36)11-13-21)16-27-31(39)38-29(23-8-6-7-9-25(23)35)28(32(40)42-5-2)19(3)37-33(38)44-27/h6-16,29H,4-5,18H2,1-3H3/b27-16-/t29-/m1/s1. The van der Waals surface area contributed by atoms with Crippen LogP contribution in [0.5, 0.6) is 11.5 Å². The number of halogens is 2. The zero-order valence-electron chi connectivity index (χ0n) is 24.1. The van der Waals surface area contributed by atoms with E-state index in [1.54, 1.807) is 56.3 Å². The SMILES string of the molecule is CCOC(=O)C1=C(C)N=c2s/c(=C\c3cc(Br)c(OCc4ccc(C#N)cc4)c(OCC)c3)c(=O)n2[C@@H]1c1ccccc1Cl. The molecule has 0 aliphatic carbocycles. The first-order valence-corrected chi connectivity index (χ1v) is 15.8. The molecule has 0 saturated carbocycles. The summed E-state index contributed by atoms with van der Waals surface area (Å²) in [5, 5.41) is 9.47. The molecule has 0 bridgehead atoms. The van der Waals surface area contributed by atoms with Crippen LogP contribution in [0.1, 0.15) is 49.1 Å². The topological polar surface area (TPSA) is 103 Å². The summed E-state index contributed by atoms with van der Waals surface area (Å²) in [6, 6.07) is 19.2. The zero-order chi connectivity index (χ0) is 31.4. The Bertz CT molecular complexity index is 1990. The normalized spacial score (nSPS) is 14.5. The smallest absolute Gasteiger partial charge is 0.338 e. The molecule has 0 saturated heterocycles. The first-order valence-electron chi connectivity index (χ1n) is 13.8. The molecule has 0 spiro atoms. The summed E-state index contributed by atoms with van der Waals surface area (Å²) in [6.45, 7) is 6.19. The van der Waals surface area contributed by atoms with E-state index in [1.807, 2.05) is 31.2 Å². The maximum atomic E-state index is 14.0. The van der Waals surface area contributed by atoms with Gasteiger partial charge in [0, 0.05) is 5.02 Å². The van der Waals surface area contributed by atoms with Crippen molar-refractivity contribution in [3.63, 3.8) is 0 Å². The van der Waals surface area contributed by atoms with Crippen LogP contribution in [0.3, 0.4) is 0 Å². The molecular formula is C33H27BrClN3O5S. The Hall–Kier alpha value is -4.17. The Labute approximate surface area is 271 Å². The second-order valence-corrected chi connectivity index (χ2v) is 12.0. The number of ether oxygens (including phenoxy) is 3. The maximum Gasteiger partial charge on any atom is 0.338 e. The molecular weight excluding hydrogens is 666 g/mol. The van der Waals surface area contributed by atoms with Gasteiger partial charge in [0.25, 0.3) is 5.56 Å². The van der Waals surface area contributed by atoms with Gasteiger partial charge < -0.3 is 14.2 Å². The number of nitrogens with zero attached hydrogens (tertiary/aromatic N) is 3. The van der Waals surface area contributed by atoms with Crippen molar-refractivity contribution in [2.45, 2.75) is 33.4 Å². The first-order chi connectivity index (χ1) is 21.2. The minimum absolute atomic E-state index is 0.180. The Kier molecular flexibility index (Phi) is 9.69. The van der Waals surface area contributed by atoms with E-state index in [9.17, 15) is 9.59 Å². The number of nitriles is 1. The monoisotopic (exact) mass is 691 g/mol. The van der Waals surface area contributed by atoms with Gasteiger partial charge in [-0.05, 0) is 89.8 Å². The quantitative estimate of drug-likeness (QED) is 0.198. The predicted molar refractivity (Wildman–Crippen MR) is 173 cm³/mol. The van der Waals surface area contributed by atoms with Crippen LogP contribution in [-0.2, 0) is 16.1 Å². The molecule has 0 unspecified atom stereocenters. The van der Waals surface area contributed by atoms with Crippen molar-refractivity contribution in [2.75, 3.05) is 13.2 Å². The molecule has 1 atom stereocenters. The van der Waals surface area contributed by atoms with Crippen molar-refractivity contribution in [1.29, 1.82) is 5.26 Å². The number of carbonyl (C=O) groups excluding carboxylic acids is 1. The number of fused-ring (bicyclic) bond motifs is 1. The number of hydrogen-bond donors (Lipinski definition) is 0. The molecule has 5 rings (SSSR count). The fraction of sp³-hybridized carbons (Fsp3) is 0.212. The summed E-state index contributed by atoms with van der Waals surface area (Å²) in [4.78, 5) is 32.2. The summed E-state index contributed by atoms with van der Waals surface area (Å²) in [5.41, 5.74) is 3.19. The van der Waals surface area contributed by atoms with Gasteiger partial charge >= 0.3 is 5.97 Å². The van der Waals surface area contributed by atoms with Crippen molar-refractivity contribution in [3.05, 3.63) is 123 Å². The molecule has 1 aliphatic rings. The Balaban J connectivity index is 1.57. The molecule has 0 amide bonds. The lowest BCUT2D eigenvalue weighted by molar-refractivity contribution is -0.139. The second kappa shape index (κ2) is 13.6. The highest BCUT2D eigenvalue weighted by Crippen LogP contribution is 2.38. The first kappa shape index (κ1) is 31.3. The third-order valence-electron chi connectivity index (χ3n) is 6.81. The number of esters is 1. The Morgan fingerprint density at radius 3 is 2.57 bits per heavy atom. The number of carbonyl (C=O) groups is 1. The number of thiazole rings is 1. The van der Waals surface area contributed by atoms with Gasteiger partial charge in [0.1, 0.15) is 12.6 Å². The van der Waals surface area contributed by atoms with Gasteiger partial charge in [0.05, 0.1) is 45.1 Å². The lowest BCUT2D eigenvalue weighted by atomic mass is 9.96. The third-order valence-corrected chi connectivity index (χ3v) is 8.73. The number of rotatable bonds is 9. The van der Waals surface area contributed by atoms with Crippen molar-refractivity contribution in [2.24, 2.45) is 4.99 Å². The lowest BCUT2D eigenvalue weighted by Gasteiger charge is -2.25. The maximum absolute atomic E-state index is 14.0. The van der Waals surface area contributed by atoms with Crippen LogP contribution >= 0.6 is 38.9 Å². The average Bonchev–Trinajstić information content (AvgIpc) is 3.30. The van der Waals surface area contributed by atoms with Crippen LogP contribution < -0.4 is 24.4 Å². The van der Waals surface area contributed by atoms with Crippen LogP contribution in [0, 0.1) is 11.3 Å². The van der Waals surface area contributed by atoms with Crippen molar-refractivity contribution < 1.29 is 19.0 Å². The number of allylic oxidation sites excluding steroid dienone is 1. The molecule has 3 aromatic carbocycles. The van der Waals surface area contributed by atoms with Crippen molar-refractivity contribution >= 4 is 50.9 Å². The number of aromatic nitrogens is 1. The summed E-state index contributed by atoms with van der Waals surface area (Å²) < 4.78 is 19.9. The van der Waals surface area contributed by atoms with Gasteiger partial charge in [-0.1, -0.05) is 53.3 Å². The zero-order valence-corrected chi connectivity index (χ0v) is 27.3. The molecule has 0 N–H and O–H groups in total. The van der Waals surface area contributed by atoms with Gasteiger partial charge in [0.15, 0.2) is 16.3 Å². The lowest BCUT2D eigenvalue weighted by Crippen LogP contribution is -2.40. The molecule has 1 aliphatic heterocycles. The summed E-state index contributed by atoms with van der Waals surface area (Å²) in [6.07, 6.45) is 1.76. The van der Waals surface area contributed by atoms with E-state index in [-0.39, 0.29) is 24.3 Å². The molecule has 0 radical (unpaired) electrons. The van der Waals surface area contributed by atoms with Crippen molar-refractivity contribution in [3.8, 4) is 17.6 Å². The highest BCUT2D eigenvalue weighted by atomic mass is 79.9. The summed E-state index contributed by atoms with van der Waals surface area (Å²) in [5.74, 6) is 0.474. The largest absolute Gasteiger partial charge is 0.490 e. The van der Waals surface area contributed by atoms with E-state index < -0.39 is 12.0 Å². The van der Waals surface area contributed by atoms with E-state index in [1.165, 1.54) is 15.9 Å². The predicted octanol–water partition coefficient (Wildman–Crippen LogP) is 6.06. The minimum atomic E-state index is -0.801. The third kappa shape index (κ3) is 6.36. The van der Waals surface area contributed by atoms with E-state index in [2.05, 4.69) is 27.0 Å². The molecule has 0 fully saturated rings. The van der Waals surface area contributed by atoms with Gasteiger partial charge in [-0.3, -0.25) is 9.36 Å². The number of hydrogen-bond acceptors (Lipinski definition) is 8. The highest BCUT2D eigenvalue weighted by molar-refractivity contribution is 9.10. The van der Waals surface area contributed by atoms with E-state index in [0.29, 0.717) is 59.3 Å². The molecule has 4 aromatic rings. The second-order valence-electron chi connectivity index (χ2n) is 9.68. The summed E-state index contributed by atoms with van der Waals surface area (Å²) >= 11 is 11.4. The fourth-order valence-electron chi connectivity index (χ4n) is 4.84. The van der Waals surface area contributed by atoms with E-state index in [0.717, 1.165) is 5.56 Å². The van der Waals surface area contributed by atoms with Gasteiger partial charge in [-0.2, -0.15) is 5.26 Å². The van der Waals surface area contributed by atoms with Crippen LogP contribution in [0.15, 0.2) is 86.2 Å². The van der Waals surface area contributed by atoms with Crippen LogP contribution in [0.4, 0.5) is 0 Å². The van der Waals surface area contributed by atoms with Gasteiger partial charge in [0.2, 0.25) is 0 Å². The molecule has 224 valence electrons. The fourth-order valence-corrected chi connectivity index (χ4v) is 6.70.